The van der Waals surface area contributed by atoms with Crippen molar-refractivity contribution in [2.24, 2.45) is 11.1 Å². The second-order valence-corrected chi connectivity index (χ2v) is 6.33. The summed E-state index contributed by atoms with van der Waals surface area (Å²) >= 11 is 0. The predicted molar refractivity (Wildman–Crippen MR) is 66.9 cm³/mol. The molecule has 0 amide bonds. The van der Waals surface area contributed by atoms with E-state index in [-0.39, 0.29) is 5.54 Å². The molecule has 1 rings (SSSR count). The van der Waals surface area contributed by atoms with Gasteiger partial charge >= 0.3 is 0 Å². The molecule has 90 valence electrons. The van der Waals surface area contributed by atoms with Gasteiger partial charge in [0.25, 0.3) is 0 Å². The third kappa shape index (κ3) is 2.73. The summed E-state index contributed by atoms with van der Waals surface area (Å²) in [6, 6.07) is 0.586. The van der Waals surface area contributed by atoms with Crippen LogP contribution in [-0.4, -0.2) is 30.1 Å². The molecule has 0 saturated heterocycles. The molecule has 1 aliphatic carbocycles. The average Bonchev–Trinajstić information content (AvgIpc) is 2.14. The van der Waals surface area contributed by atoms with Crippen LogP contribution in [0.2, 0.25) is 0 Å². The van der Waals surface area contributed by atoms with Crippen LogP contribution in [0, 0.1) is 5.41 Å². The highest BCUT2D eigenvalue weighted by Gasteiger charge is 2.42. The van der Waals surface area contributed by atoms with Crippen molar-refractivity contribution in [3.63, 3.8) is 0 Å². The van der Waals surface area contributed by atoms with E-state index < -0.39 is 0 Å². The van der Waals surface area contributed by atoms with Gasteiger partial charge in [-0.3, -0.25) is 4.90 Å². The maximum atomic E-state index is 6.06. The highest BCUT2D eigenvalue weighted by Crippen LogP contribution is 2.43. The normalized spacial score (nSPS) is 31.2. The standard InChI is InChI=1S/C13H28N2/c1-11(2)15(5)13(10-14)8-6-7-12(3,4)9-13/h11H,6-10,14H2,1-5H3. The van der Waals surface area contributed by atoms with Crippen molar-refractivity contribution in [3.05, 3.63) is 0 Å². The molecule has 1 fully saturated rings. The van der Waals surface area contributed by atoms with E-state index in [2.05, 4.69) is 39.6 Å². The smallest absolute Gasteiger partial charge is 0.0336 e. The van der Waals surface area contributed by atoms with Gasteiger partial charge in [0.15, 0.2) is 0 Å². The van der Waals surface area contributed by atoms with Crippen molar-refractivity contribution in [2.75, 3.05) is 13.6 Å². The van der Waals surface area contributed by atoms with E-state index in [1.165, 1.54) is 25.7 Å². The Bertz CT molecular complexity index is 211. The lowest BCUT2D eigenvalue weighted by Crippen LogP contribution is -2.58. The van der Waals surface area contributed by atoms with Gasteiger partial charge in [-0.2, -0.15) is 0 Å². The fraction of sp³-hybridized carbons (Fsp3) is 1.00. The van der Waals surface area contributed by atoms with Crippen molar-refractivity contribution in [1.29, 1.82) is 0 Å². The molecule has 0 bridgehead atoms. The minimum Gasteiger partial charge on any atom is -0.329 e. The topological polar surface area (TPSA) is 29.3 Å². The fourth-order valence-corrected chi connectivity index (χ4v) is 3.13. The first-order valence-electron chi connectivity index (χ1n) is 6.26. The van der Waals surface area contributed by atoms with Crippen molar-refractivity contribution in [3.8, 4) is 0 Å². The second-order valence-electron chi connectivity index (χ2n) is 6.33. The van der Waals surface area contributed by atoms with Gasteiger partial charge < -0.3 is 5.73 Å². The molecule has 0 aliphatic heterocycles. The zero-order valence-corrected chi connectivity index (χ0v) is 11.1. The SMILES string of the molecule is CC(C)N(C)C1(CN)CCCC(C)(C)C1. The monoisotopic (exact) mass is 212 g/mol. The van der Waals surface area contributed by atoms with Gasteiger partial charge in [-0.25, -0.2) is 0 Å². The van der Waals surface area contributed by atoms with Gasteiger partial charge in [-0.1, -0.05) is 20.3 Å². The number of likely N-dealkylation sites (N-methyl/N-ethyl adjacent to an activating group) is 1. The van der Waals surface area contributed by atoms with E-state index in [9.17, 15) is 0 Å². The summed E-state index contributed by atoms with van der Waals surface area (Å²) < 4.78 is 0. The summed E-state index contributed by atoms with van der Waals surface area (Å²) in [5.41, 5.74) is 6.76. The molecule has 0 heterocycles. The minimum absolute atomic E-state index is 0.246. The summed E-state index contributed by atoms with van der Waals surface area (Å²) in [7, 11) is 2.24. The summed E-state index contributed by atoms with van der Waals surface area (Å²) in [5, 5.41) is 0. The Labute approximate surface area is 95.2 Å². The van der Waals surface area contributed by atoms with Crippen LogP contribution in [0.25, 0.3) is 0 Å². The molecule has 1 atom stereocenters. The molecule has 2 N–H and O–H groups in total. The number of hydrogen-bond acceptors (Lipinski definition) is 2. The molecule has 1 unspecified atom stereocenters. The maximum Gasteiger partial charge on any atom is 0.0336 e. The number of rotatable bonds is 3. The highest BCUT2D eigenvalue weighted by molar-refractivity contribution is 4.99. The molecule has 2 nitrogen and oxygen atoms in total. The van der Waals surface area contributed by atoms with Gasteiger partial charge in [0, 0.05) is 18.1 Å². The van der Waals surface area contributed by atoms with E-state index in [0.29, 0.717) is 11.5 Å². The Balaban J connectivity index is 2.84. The van der Waals surface area contributed by atoms with Gasteiger partial charge in [-0.05, 0) is 45.6 Å². The van der Waals surface area contributed by atoms with Crippen LogP contribution >= 0.6 is 0 Å². The molecule has 0 radical (unpaired) electrons. The van der Waals surface area contributed by atoms with E-state index in [4.69, 9.17) is 5.73 Å². The summed E-state index contributed by atoms with van der Waals surface area (Å²) in [5.74, 6) is 0. The van der Waals surface area contributed by atoms with E-state index >= 15 is 0 Å². The molecule has 0 aromatic rings. The van der Waals surface area contributed by atoms with Gasteiger partial charge in [0.1, 0.15) is 0 Å². The highest BCUT2D eigenvalue weighted by atomic mass is 15.2. The first-order chi connectivity index (χ1) is 6.83. The van der Waals surface area contributed by atoms with Crippen LogP contribution in [0.5, 0.6) is 0 Å². The third-order valence-corrected chi connectivity index (χ3v) is 4.21. The lowest BCUT2D eigenvalue weighted by molar-refractivity contribution is 0.00900. The minimum atomic E-state index is 0.246. The van der Waals surface area contributed by atoms with Crippen molar-refractivity contribution < 1.29 is 0 Å². The van der Waals surface area contributed by atoms with Crippen LogP contribution in [0.4, 0.5) is 0 Å². The first-order valence-corrected chi connectivity index (χ1v) is 6.26. The molecule has 0 aromatic heterocycles. The first kappa shape index (κ1) is 13.0. The second kappa shape index (κ2) is 4.42. The molecule has 1 saturated carbocycles. The van der Waals surface area contributed by atoms with Gasteiger partial charge in [0.2, 0.25) is 0 Å². The van der Waals surface area contributed by atoms with E-state index in [0.717, 1.165) is 6.54 Å². The number of nitrogens with two attached hydrogens (primary N) is 1. The largest absolute Gasteiger partial charge is 0.329 e. The Morgan fingerprint density at radius 2 is 1.87 bits per heavy atom. The van der Waals surface area contributed by atoms with Crippen molar-refractivity contribution >= 4 is 0 Å². The van der Waals surface area contributed by atoms with E-state index in [1.807, 2.05) is 0 Å². The Hall–Kier alpha value is -0.0800. The van der Waals surface area contributed by atoms with Crippen LogP contribution in [-0.2, 0) is 0 Å². The van der Waals surface area contributed by atoms with Gasteiger partial charge in [-0.15, -0.1) is 0 Å². The molecule has 0 aromatic carbocycles. The third-order valence-electron chi connectivity index (χ3n) is 4.21. The maximum absolute atomic E-state index is 6.06. The Morgan fingerprint density at radius 3 is 2.27 bits per heavy atom. The predicted octanol–water partition coefficient (Wildman–Crippen LogP) is 2.62. The molecular formula is C13H28N2. The fourth-order valence-electron chi connectivity index (χ4n) is 3.13. The van der Waals surface area contributed by atoms with Crippen LogP contribution in [0.3, 0.4) is 0 Å². The van der Waals surface area contributed by atoms with Gasteiger partial charge in [0.05, 0.1) is 0 Å². The molecule has 1 aliphatic rings. The van der Waals surface area contributed by atoms with E-state index in [1.54, 1.807) is 0 Å². The quantitative estimate of drug-likeness (QED) is 0.779. The van der Waals surface area contributed by atoms with Crippen LogP contribution in [0.1, 0.15) is 53.4 Å². The van der Waals surface area contributed by atoms with Crippen LogP contribution in [0.15, 0.2) is 0 Å². The molecule has 2 heteroatoms. The average molecular weight is 212 g/mol. The summed E-state index contributed by atoms with van der Waals surface area (Å²) in [4.78, 5) is 2.49. The molecule has 15 heavy (non-hydrogen) atoms. The zero-order valence-electron chi connectivity index (χ0n) is 11.1. The zero-order chi connectivity index (χ0) is 11.7. The Kier molecular flexibility index (Phi) is 3.83. The molecule has 0 spiro atoms. The summed E-state index contributed by atoms with van der Waals surface area (Å²) in [6.45, 7) is 10.1. The van der Waals surface area contributed by atoms with Crippen molar-refractivity contribution in [2.45, 2.75) is 65.0 Å². The lowest BCUT2D eigenvalue weighted by Gasteiger charge is -2.51. The van der Waals surface area contributed by atoms with Crippen LogP contribution < -0.4 is 5.73 Å². The summed E-state index contributed by atoms with van der Waals surface area (Å²) in [6.07, 6.45) is 5.18. The lowest BCUT2D eigenvalue weighted by atomic mass is 9.67. The number of nitrogens with zero attached hydrogens (tertiary/aromatic N) is 1. The van der Waals surface area contributed by atoms with Crippen molar-refractivity contribution in [1.82, 2.24) is 4.90 Å². The number of hydrogen-bond donors (Lipinski definition) is 1. The molecular weight excluding hydrogens is 184 g/mol. The Morgan fingerprint density at radius 1 is 1.27 bits per heavy atom.